The Bertz CT molecular complexity index is 778. The average Bonchev–Trinajstić information content (AvgIpc) is 3.16. The molecule has 0 aromatic heterocycles. The quantitative estimate of drug-likeness (QED) is 0.487. The molecular formula is C24H31NO2. The van der Waals surface area contributed by atoms with Crippen LogP contribution >= 0.6 is 0 Å². The van der Waals surface area contributed by atoms with Crippen LogP contribution in [-0.4, -0.2) is 29.7 Å². The lowest BCUT2D eigenvalue weighted by Crippen LogP contribution is -2.41. The van der Waals surface area contributed by atoms with Crippen LogP contribution in [-0.2, 0) is 16.0 Å². The molecule has 0 spiro atoms. The van der Waals surface area contributed by atoms with E-state index in [1.807, 2.05) is 4.90 Å². The fraction of sp³-hybridized carbons (Fsp3) is 0.500. The summed E-state index contributed by atoms with van der Waals surface area (Å²) in [5.41, 5.74) is 1.39. The normalized spacial score (nSPS) is 18.2. The largest absolute Gasteiger partial charge is 0.333 e. The first-order valence-corrected chi connectivity index (χ1v) is 10.3. The number of aryl methyl sites for hydroxylation is 1. The summed E-state index contributed by atoms with van der Waals surface area (Å²) >= 11 is 0. The van der Waals surface area contributed by atoms with Gasteiger partial charge in [0, 0.05) is 12.5 Å². The molecule has 1 amide bonds. The summed E-state index contributed by atoms with van der Waals surface area (Å²) in [5, 5.41) is 2.63. The minimum atomic E-state index is -0.200. The highest BCUT2D eigenvalue weighted by Crippen LogP contribution is 2.27. The van der Waals surface area contributed by atoms with Gasteiger partial charge in [0.05, 0.1) is 6.04 Å². The maximum atomic E-state index is 13.0. The van der Waals surface area contributed by atoms with Crippen molar-refractivity contribution < 1.29 is 9.59 Å². The van der Waals surface area contributed by atoms with Gasteiger partial charge in [-0.25, -0.2) is 0 Å². The van der Waals surface area contributed by atoms with Crippen molar-refractivity contribution in [2.75, 3.05) is 6.54 Å². The number of aldehydes is 1. The lowest BCUT2D eigenvalue weighted by Gasteiger charge is -2.28. The highest BCUT2D eigenvalue weighted by Gasteiger charge is 2.33. The van der Waals surface area contributed by atoms with Gasteiger partial charge in [-0.15, -0.1) is 0 Å². The van der Waals surface area contributed by atoms with Gasteiger partial charge in [0.15, 0.2) is 0 Å². The van der Waals surface area contributed by atoms with Crippen LogP contribution in [0.2, 0.25) is 0 Å². The predicted molar refractivity (Wildman–Crippen MR) is 111 cm³/mol. The van der Waals surface area contributed by atoms with Crippen molar-refractivity contribution in [2.24, 2.45) is 11.8 Å². The summed E-state index contributed by atoms with van der Waals surface area (Å²) < 4.78 is 0. The van der Waals surface area contributed by atoms with Gasteiger partial charge in [-0.05, 0) is 54.4 Å². The molecule has 0 radical (unpaired) electrons. The van der Waals surface area contributed by atoms with Crippen molar-refractivity contribution in [1.29, 1.82) is 0 Å². The van der Waals surface area contributed by atoms with Crippen LogP contribution in [0.15, 0.2) is 42.5 Å². The van der Waals surface area contributed by atoms with Crippen LogP contribution in [0.5, 0.6) is 0 Å². The maximum absolute atomic E-state index is 13.0. The van der Waals surface area contributed by atoms with Gasteiger partial charge in [-0.3, -0.25) is 4.79 Å². The van der Waals surface area contributed by atoms with E-state index in [1.54, 1.807) is 0 Å². The fourth-order valence-corrected chi connectivity index (χ4v) is 4.35. The van der Waals surface area contributed by atoms with E-state index in [-0.39, 0.29) is 17.9 Å². The molecule has 1 saturated heterocycles. The number of hydrogen-bond donors (Lipinski definition) is 0. The van der Waals surface area contributed by atoms with E-state index in [4.69, 9.17) is 0 Å². The van der Waals surface area contributed by atoms with Gasteiger partial charge in [0.1, 0.15) is 6.29 Å². The molecule has 2 atom stereocenters. The van der Waals surface area contributed by atoms with E-state index in [1.165, 1.54) is 16.3 Å². The predicted octanol–water partition coefficient (Wildman–Crippen LogP) is 5.01. The van der Waals surface area contributed by atoms with Gasteiger partial charge < -0.3 is 9.69 Å². The minimum Gasteiger partial charge on any atom is -0.333 e. The summed E-state index contributed by atoms with van der Waals surface area (Å²) in [7, 11) is 0. The van der Waals surface area contributed by atoms with Crippen LogP contribution in [0, 0.1) is 11.8 Å². The Morgan fingerprint density at radius 2 is 1.93 bits per heavy atom. The zero-order chi connectivity index (χ0) is 19.2. The molecule has 3 heteroatoms. The molecule has 2 aromatic carbocycles. The molecule has 0 aliphatic carbocycles. The zero-order valence-electron chi connectivity index (χ0n) is 16.6. The number of unbranched alkanes of at least 4 members (excludes halogenated alkanes) is 1. The summed E-state index contributed by atoms with van der Waals surface area (Å²) in [6, 6.07) is 14.8. The Kier molecular flexibility index (Phi) is 6.65. The van der Waals surface area contributed by atoms with Crippen molar-refractivity contribution in [2.45, 2.75) is 58.4 Å². The Hall–Kier alpha value is -2.16. The molecule has 144 valence electrons. The number of rotatable bonds is 8. The molecular weight excluding hydrogens is 334 g/mol. The highest BCUT2D eigenvalue weighted by atomic mass is 16.2. The average molecular weight is 366 g/mol. The Morgan fingerprint density at radius 3 is 2.70 bits per heavy atom. The van der Waals surface area contributed by atoms with Crippen molar-refractivity contribution in [3.05, 3.63) is 48.0 Å². The Balaban J connectivity index is 1.57. The van der Waals surface area contributed by atoms with E-state index in [0.29, 0.717) is 5.92 Å². The van der Waals surface area contributed by atoms with Gasteiger partial charge in [0.25, 0.3) is 0 Å². The molecule has 1 aliphatic rings. The topological polar surface area (TPSA) is 37.4 Å². The molecule has 0 N–H and O–H groups in total. The van der Waals surface area contributed by atoms with E-state index >= 15 is 0 Å². The number of amides is 1. The molecule has 3 rings (SSSR count). The number of carbonyl (C=O) groups excluding carboxylic acids is 2. The number of benzene rings is 2. The van der Waals surface area contributed by atoms with Crippen LogP contribution in [0.25, 0.3) is 10.8 Å². The van der Waals surface area contributed by atoms with E-state index in [9.17, 15) is 9.59 Å². The first-order chi connectivity index (χ1) is 13.1. The molecule has 1 aliphatic heterocycles. The van der Waals surface area contributed by atoms with Gasteiger partial charge >= 0.3 is 0 Å². The Labute approximate surface area is 162 Å². The monoisotopic (exact) mass is 365 g/mol. The second-order valence-corrected chi connectivity index (χ2v) is 8.11. The lowest BCUT2D eigenvalue weighted by molar-refractivity contribution is -0.140. The summed E-state index contributed by atoms with van der Waals surface area (Å²) in [6.07, 6.45) is 6.79. The third-order valence-electron chi connectivity index (χ3n) is 5.95. The van der Waals surface area contributed by atoms with Crippen LogP contribution in [0.3, 0.4) is 0 Å². The second-order valence-electron chi connectivity index (χ2n) is 8.11. The molecule has 0 bridgehead atoms. The van der Waals surface area contributed by atoms with Crippen LogP contribution < -0.4 is 0 Å². The van der Waals surface area contributed by atoms with Gasteiger partial charge in [0.2, 0.25) is 5.91 Å². The summed E-state index contributed by atoms with van der Waals surface area (Å²) in [5.74, 6) is 0.519. The SMILES string of the molecule is CC(C)C(CCCCc1cccc2ccccc12)C(=O)N1CCC[C@H]1C=O. The molecule has 27 heavy (non-hydrogen) atoms. The zero-order valence-corrected chi connectivity index (χ0v) is 16.6. The van der Waals surface area contributed by atoms with Crippen molar-refractivity contribution in [3.63, 3.8) is 0 Å². The maximum Gasteiger partial charge on any atom is 0.226 e. The van der Waals surface area contributed by atoms with Crippen molar-refractivity contribution >= 4 is 23.0 Å². The fourth-order valence-electron chi connectivity index (χ4n) is 4.35. The van der Waals surface area contributed by atoms with Crippen LogP contribution in [0.4, 0.5) is 0 Å². The van der Waals surface area contributed by atoms with Crippen LogP contribution in [0.1, 0.15) is 51.5 Å². The molecule has 1 heterocycles. The number of nitrogens with zero attached hydrogens (tertiary/aromatic N) is 1. The van der Waals surface area contributed by atoms with E-state index < -0.39 is 0 Å². The third kappa shape index (κ3) is 4.58. The molecule has 0 saturated carbocycles. The first kappa shape index (κ1) is 19.6. The van der Waals surface area contributed by atoms with Gasteiger partial charge in [-0.1, -0.05) is 62.7 Å². The minimum absolute atomic E-state index is 0.0260. The Morgan fingerprint density at radius 1 is 1.15 bits per heavy atom. The van der Waals surface area contributed by atoms with Crippen molar-refractivity contribution in [1.82, 2.24) is 4.90 Å². The van der Waals surface area contributed by atoms with Gasteiger partial charge in [-0.2, -0.15) is 0 Å². The summed E-state index contributed by atoms with van der Waals surface area (Å²) in [6.45, 7) is 4.99. The smallest absolute Gasteiger partial charge is 0.226 e. The summed E-state index contributed by atoms with van der Waals surface area (Å²) in [4.78, 5) is 26.0. The molecule has 1 unspecified atom stereocenters. The molecule has 1 fully saturated rings. The number of likely N-dealkylation sites (tertiary alicyclic amines) is 1. The van der Waals surface area contributed by atoms with E-state index in [2.05, 4.69) is 56.3 Å². The second kappa shape index (κ2) is 9.16. The number of carbonyl (C=O) groups is 2. The third-order valence-corrected chi connectivity index (χ3v) is 5.95. The lowest BCUT2D eigenvalue weighted by atomic mass is 9.88. The molecule has 2 aromatic rings. The highest BCUT2D eigenvalue weighted by molar-refractivity contribution is 5.85. The molecule has 3 nitrogen and oxygen atoms in total. The standard InChI is InChI=1S/C24H31NO2/c1-18(2)22(24(27)25-16-8-13-21(25)17-26)14-5-3-9-19-11-7-12-20-10-4-6-15-23(19)20/h4,6-7,10-12,15,17-18,21-22H,3,5,8-9,13-14,16H2,1-2H3/t21-,22?/m0/s1. The van der Waals surface area contributed by atoms with Crippen molar-refractivity contribution in [3.8, 4) is 0 Å². The first-order valence-electron chi connectivity index (χ1n) is 10.3. The van der Waals surface area contributed by atoms with E-state index in [0.717, 1.165) is 51.4 Å². The number of hydrogen-bond acceptors (Lipinski definition) is 2. The number of fused-ring (bicyclic) bond motifs is 1.